The van der Waals surface area contributed by atoms with E-state index >= 15 is 0 Å². The molecular weight excluding hydrogens is 454 g/mol. The average Bonchev–Trinajstić information content (AvgIpc) is 3.48. The summed E-state index contributed by atoms with van der Waals surface area (Å²) in [5.74, 6) is -0.418. The molecule has 0 aliphatic carbocycles. The molecule has 1 aromatic heterocycles. The maximum atomic E-state index is 13.3. The minimum absolute atomic E-state index is 0.00147. The predicted molar refractivity (Wildman–Crippen MR) is 127 cm³/mol. The van der Waals surface area contributed by atoms with Crippen LogP contribution in [0.3, 0.4) is 0 Å². The molecule has 0 saturated carbocycles. The number of ketones is 1. The Hall–Kier alpha value is -3.72. The number of aliphatic hydroxyl groups excluding tert-OH is 1. The highest BCUT2D eigenvalue weighted by atomic mass is 32.1. The Bertz CT molecular complexity index is 1330. The fourth-order valence-electron chi connectivity index (χ4n) is 4.39. The van der Waals surface area contributed by atoms with E-state index in [1.54, 1.807) is 43.3 Å². The Labute approximate surface area is 200 Å². The van der Waals surface area contributed by atoms with Crippen molar-refractivity contribution >= 4 is 33.9 Å². The van der Waals surface area contributed by atoms with Crippen molar-refractivity contribution in [1.29, 1.82) is 0 Å². The summed E-state index contributed by atoms with van der Waals surface area (Å²) in [6.07, 6.45) is 0.745. The van der Waals surface area contributed by atoms with E-state index in [0.29, 0.717) is 40.0 Å². The number of carbonyl (C=O) groups excluding carboxylic acids is 2. The van der Waals surface area contributed by atoms with E-state index in [0.717, 1.165) is 11.3 Å². The number of aryl methyl sites for hydroxylation is 1. The molecule has 1 N–H and O–H groups in total. The highest BCUT2D eigenvalue weighted by molar-refractivity contribution is 7.15. The lowest BCUT2D eigenvalue weighted by Gasteiger charge is -2.23. The number of fused-ring (bicyclic) bond motifs is 1. The third-order valence-electron chi connectivity index (χ3n) is 5.82. The molecule has 5 rings (SSSR count). The summed E-state index contributed by atoms with van der Waals surface area (Å²) in [6.45, 7) is 6.09. The van der Waals surface area contributed by atoms with Crippen LogP contribution >= 0.6 is 11.3 Å². The number of ether oxygens (including phenoxy) is 2. The standard InChI is InChI=1S/C25H23N3O5S/c1-4-32-18-7-5-6-15(12-18)21-20(23(30)24(31)28(21)25-27-26-14(3)34-25)22(29)16-8-9-19-17(11-16)10-13(2)33-19/h5-9,11-13,21,29H,4,10H2,1-3H3/t13-,21-/m1/s1. The highest BCUT2D eigenvalue weighted by Crippen LogP contribution is 2.44. The Morgan fingerprint density at radius 1 is 1.24 bits per heavy atom. The van der Waals surface area contributed by atoms with Gasteiger partial charge in [-0.25, -0.2) is 0 Å². The number of anilines is 1. The summed E-state index contributed by atoms with van der Waals surface area (Å²) in [5, 5.41) is 20.4. The molecule has 34 heavy (non-hydrogen) atoms. The van der Waals surface area contributed by atoms with Gasteiger partial charge in [-0.05, 0) is 62.2 Å². The summed E-state index contributed by atoms with van der Waals surface area (Å²) in [5.41, 5.74) is 2.02. The van der Waals surface area contributed by atoms with Crippen molar-refractivity contribution in [2.75, 3.05) is 11.5 Å². The molecule has 0 unspecified atom stereocenters. The Balaban J connectivity index is 1.68. The van der Waals surface area contributed by atoms with Crippen LogP contribution in [0, 0.1) is 6.92 Å². The molecule has 3 aromatic rings. The molecule has 8 nitrogen and oxygen atoms in total. The molecule has 1 amide bonds. The number of rotatable bonds is 5. The number of aromatic nitrogens is 2. The van der Waals surface area contributed by atoms with Gasteiger partial charge in [-0.1, -0.05) is 23.5 Å². The first-order valence-electron chi connectivity index (χ1n) is 11.0. The maximum absolute atomic E-state index is 13.3. The van der Waals surface area contributed by atoms with E-state index in [9.17, 15) is 14.7 Å². The summed E-state index contributed by atoms with van der Waals surface area (Å²) in [4.78, 5) is 27.8. The Morgan fingerprint density at radius 3 is 2.79 bits per heavy atom. The number of carbonyl (C=O) groups is 2. The first kappa shape index (κ1) is 22.1. The SMILES string of the molecule is CCOc1cccc([C@@H]2C(=C(O)c3ccc4c(c3)C[C@@H](C)O4)C(=O)C(=O)N2c2nnc(C)s2)c1. The second-order valence-corrected chi connectivity index (χ2v) is 9.39. The smallest absolute Gasteiger partial charge is 0.301 e. The molecule has 0 radical (unpaired) electrons. The number of aliphatic hydroxyl groups is 1. The molecule has 2 aliphatic heterocycles. The van der Waals surface area contributed by atoms with Crippen molar-refractivity contribution in [3.05, 3.63) is 69.7 Å². The van der Waals surface area contributed by atoms with Crippen LogP contribution in [-0.2, 0) is 16.0 Å². The van der Waals surface area contributed by atoms with Crippen LogP contribution in [0.5, 0.6) is 11.5 Å². The van der Waals surface area contributed by atoms with Crippen LogP contribution in [0.15, 0.2) is 48.0 Å². The highest BCUT2D eigenvalue weighted by Gasteiger charge is 2.48. The molecule has 3 heterocycles. The minimum Gasteiger partial charge on any atom is -0.507 e. The van der Waals surface area contributed by atoms with E-state index in [4.69, 9.17) is 9.47 Å². The molecule has 1 fully saturated rings. The fourth-order valence-corrected chi connectivity index (χ4v) is 5.11. The van der Waals surface area contributed by atoms with Crippen LogP contribution < -0.4 is 14.4 Å². The number of hydrogen-bond donors (Lipinski definition) is 1. The van der Waals surface area contributed by atoms with Gasteiger partial charge in [0.1, 0.15) is 28.4 Å². The molecule has 0 spiro atoms. The zero-order valence-electron chi connectivity index (χ0n) is 18.9. The van der Waals surface area contributed by atoms with Crippen molar-refractivity contribution in [2.45, 2.75) is 39.3 Å². The molecule has 2 aliphatic rings. The number of Topliss-reactive ketones (excluding diaryl/α,β-unsaturated/α-hetero) is 1. The normalized spacial score (nSPS) is 21.0. The third-order valence-corrected chi connectivity index (χ3v) is 6.66. The average molecular weight is 478 g/mol. The van der Waals surface area contributed by atoms with Crippen LogP contribution in [0.1, 0.15) is 41.6 Å². The summed E-state index contributed by atoms with van der Waals surface area (Å²) < 4.78 is 11.4. The molecule has 174 valence electrons. The molecule has 9 heteroatoms. The molecule has 1 saturated heterocycles. The fraction of sp³-hybridized carbons (Fsp3) is 0.280. The third kappa shape index (κ3) is 3.71. The Morgan fingerprint density at radius 2 is 2.06 bits per heavy atom. The molecule has 0 bridgehead atoms. The maximum Gasteiger partial charge on any atom is 0.301 e. The lowest BCUT2D eigenvalue weighted by molar-refractivity contribution is -0.132. The zero-order chi connectivity index (χ0) is 24.0. The summed E-state index contributed by atoms with van der Waals surface area (Å²) in [7, 11) is 0. The topological polar surface area (TPSA) is 102 Å². The second-order valence-electron chi connectivity index (χ2n) is 8.23. The van der Waals surface area contributed by atoms with Crippen LogP contribution in [0.25, 0.3) is 5.76 Å². The van der Waals surface area contributed by atoms with E-state index in [2.05, 4.69) is 10.2 Å². The van der Waals surface area contributed by atoms with Crippen molar-refractivity contribution < 1.29 is 24.2 Å². The number of benzene rings is 2. The summed E-state index contributed by atoms with van der Waals surface area (Å²) in [6, 6.07) is 11.6. The van der Waals surface area contributed by atoms with E-state index in [1.165, 1.54) is 16.2 Å². The molecular formula is C25H23N3O5S. The van der Waals surface area contributed by atoms with E-state index in [-0.39, 0.29) is 17.4 Å². The minimum atomic E-state index is -0.879. The van der Waals surface area contributed by atoms with Gasteiger partial charge in [-0.2, -0.15) is 0 Å². The van der Waals surface area contributed by atoms with Crippen LogP contribution in [-0.4, -0.2) is 39.7 Å². The first-order chi connectivity index (χ1) is 16.4. The first-order valence-corrected chi connectivity index (χ1v) is 11.8. The summed E-state index contributed by atoms with van der Waals surface area (Å²) >= 11 is 1.21. The lowest BCUT2D eigenvalue weighted by Crippen LogP contribution is -2.29. The zero-order valence-corrected chi connectivity index (χ0v) is 19.8. The van der Waals surface area contributed by atoms with Gasteiger partial charge in [0.15, 0.2) is 0 Å². The van der Waals surface area contributed by atoms with E-state index < -0.39 is 17.7 Å². The second kappa shape index (κ2) is 8.57. The van der Waals surface area contributed by atoms with Crippen molar-refractivity contribution in [3.63, 3.8) is 0 Å². The van der Waals surface area contributed by atoms with Crippen molar-refractivity contribution in [1.82, 2.24) is 10.2 Å². The van der Waals surface area contributed by atoms with Gasteiger partial charge in [0.25, 0.3) is 5.78 Å². The van der Waals surface area contributed by atoms with Crippen molar-refractivity contribution in [3.8, 4) is 11.5 Å². The quantitative estimate of drug-likeness (QED) is 0.334. The number of nitrogens with zero attached hydrogens (tertiary/aromatic N) is 3. The van der Waals surface area contributed by atoms with Gasteiger partial charge in [0, 0.05) is 12.0 Å². The largest absolute Gasteiger partial charge is 0.507 e. The van der Waals surface area contributed by atoms with Gasteiger partial charge in [0.2, 0.25) is 5.13 Å². The van der Waals surface area contributed by atoms with Gasteiger partial charge in [-0.3, -0.25) is 14.5 Å². The van der Waals surface area contributed by atoms with Gasteiger partial charge >= 0.3 is 5.91 Å². The van der Waals surface area contributed by atoms with Gasteiger partial charge in [-0.15, -0.1) is 10.2 Å². The van der Waals surface area contributed by atoms with Crippen molar-refractivity contribution in [2.24, 2.45) is 0 Å². The van der Waals surface area contributed by atoms with Gasteiger partial charge < -0.3 is 14.6 Å². The van der Waals surface area contributed by atoms with Gasteiger partial charge in [0.05, 0.1) is 18.2 Å². The number of amides is 1. The monoisotopic (exact) mass is 477 g/mol. The Kier molecular flexibility index (Phi) is 5.57. The molecule has 2 atom stereocenters. The van der Waals surface area contributed by atoms with Crippen LogP contribution in [0.2, 0.25) is 0 Å². The predicted octanol–water partition coefficient (Wildman–Crippen LogP) is 4.19. The number of hydrogen-bond acceptors (Lipinski definition) is 8. The molecule has 2 aromatic carbocycles. The van der Waals surface area contributed by atoms with Crippen LogP contribution in [0.4, 0.5) is 5.13 Å². The lowest BCUT2D eigenvalue weighted by atomic mass is 9.94. The van der Waals surface area contributed by atoms with E-state index in [1.807, 2.05) is 19.9 Å².